The van der Waals surface area contributed by atoms with Crippen LogP contribution in [0.5, 0.6) is 5.75 Å². The van der Waals surface area contributed by atoms with Crippen LogP contribution in [0.3, 0.4) is 0 Å². The summed E-state index contributed by atoms with van der Waals surface area (Å²) in [7, 11) is -3.21. The van der Waals surface area contributed by atoms with Gasteiger partial charge < -0.3 is 9.26 Å². The summed E-state index contributed by atoms with van der Waals surface area (Å²) in [5, 5.41) is 3.53. The lowest BCUT2D eigenvalue weighted by Gasteiger charge is -2.37. The number of sulfonamides is 1. The number of methoxy groups -OCH3 is 1. The number of rotatable bonds is 6. The number of pyridine rings is 1. The molecule has 14 heteroatoms. The number of nitrogens with one attached hydrogen (secondary N) is 1. The molecule has 0 saturated heterocycles. The van der Waals surface area contributed by atoms with Crippen molar-refractivity contribution in [1.29, 1.82) is 0 Å². The topological polar surface area (TPSA) is 103 Å². The van der Waals surface area contributed by atoms with E-state index < -0.39 is 50.1 Å². The van der Waals surface area contributed by atoms with E-state index in [0.717, 1.165) is 35.1 Å². The third-order valence-electron chi connectivity index (χ3n) is 6.49. The summed E-state index contributed by atoms with van der Waals surface area (Å²) in [6.07, 6.45) is -3.80. The minimum atomic E-state index is -4.44. The fourth-order valence-corrected chi connectivity index (χ4v) is 5.59. The summed E-state index contributed by atoms with van der Waals surface area (Å²) in [6.45, 7) is 0. The van der Waals surface area contributed by atoms with E-state index in [4.69, 9.17) is 4.74 Å². The number of alkyl halides is 3. The Morgan fingerprint density at radius 3 is 2.45 bits per heavy atom. The van der Waals surface area contributed by atoms with Crippen molar-refractivity contribution in [2.75, 3.05) is 11.8 Å². The number of fused-ring (bicyclic) bond motifs is 1. The number of hydrogen-bond donors (Lipinski definition) is 1. The van der Waals surface area contributed by atoms with Gasteiger partial charge in [0.2, 0.25) is 0 Å². The van der Waals surface area contributed by atoms with Gasteiger partial charge in [0.25, 0.3) is 15.6 Å². The zero-order valence-electron chi connectivity index (χ0n) is 19.4. The zero-order valence-corrected chi connectivity index (χ0v) is 20.2. The molecule has 0 bridgehead atoms. The number of nitrogens with zero attached hydrogens (tertiary/aromatic N) is 2. The van der Waals surface area contributed by atoms with Gasteiger partial charge in [0.1, 0.15) is 28.5 Å². The molecule has 0 radical (unpaired) electrons. The smallest absolute Gasteiger partial charge is 0.391 e. The van der Waals surface area contributed by atoms with Crippen molar-refractivity contribution in [2.24, 2.45) is 5.92 Å². The van der Waals surface area contributed by atoms with Crippen LogP contribution in [0.25, 0.3) is 16.6 Å². The van der Waals surface area contributed by atoms with E-state index in [1.54, 1.807) is 0 Å². The monoisotopic (exact) mass is 555 g/mol. The molecule has 2 heterocycles. The minimum Gasteiger partial charge on any atom is -0.495 e. The van der Waals surface area contributed by atoms with Gasteiger partial charge in [-0.05, 0) is 42.5 Å². The van der Waals surface area contributed by atoms with Gasteiger partial charge in [-0.15, -0.1) is 0 Å². The lowest BCUT2D eigenvalue weighted by atomic mass is 9.71. The second-order valence-electron chi connectivity index (χ2n) is 8.79. The molecule has 1 N–H and O–H groups in total. The summed E-state index contributed by atoms with van der Waals surface area (Å²) in [5.74, 6) is -4.48. The second kappa shape index (κ2) is 9.11. The molecule has 2 aromatic heterocycles. The van der Waals surface area contributed by atoms with Gasteiger partial charge >= 0.3 is 6.18 Å². The third-order valence-corrected chi connectivity index (χ3v) is 7.86. The van der Waals surface area contributed by atoms with Crippen molar-refractivity contribution < 1.29 is 39.6 Å². The highest BCUT2D eigenvalue weighted by atomic mass is 32.2. The molecule has 5 rings (SSSR count). The maximum absolute atomic E-state index is 15.1. The molecule has 0 unspecified atom stereocenters. The SMILES string of the molecule is COc1cc(C2CC(C(F)(F)F)C2)c(F)cc1-n1c(=O)ccc2cc(S(=O)(=O)Nc3ccon3)c(F)cc21. The Hall–Kier alpha value is -3.94. The van der Waals surface area contributed by atoms with E-state index in [1.165, 1.54) is 25.3 Å². The summed E-state index contributed by atoms with van der Waals surface area (Å²) in [5.41, 5.74) is -0.925. The molecule has 1 aliphatic rings. The Balaban J connectivity index is 1.59. The van der Waals surface area contributed by atoms with Crippen molar-refractivity contribution >= 4 is 26.7 Å². The van der Waals surface area contributed by atoms with Crippen molar-refractivity contribution in [3.63, 3.8) is 0 Å². The Labute approximate surface area is 211 Å². The molecule has 200 valence electrons. The first-order chi connectivity index (χ1) is 17.9. The predicted molar refractivity (Wildman–Crippen MR) is 125 cm³/mol. The molecule has 1 aliphatic carbocycles. The van der Waals surface area contributed by atoms with E-state index in [-0.39, 0.29) is 46.6 Å². The molecule has 0 atom stereocenters. The highest BCUT2D eigenvalue weighted by molar-refractivity contribution is 7.92. The molecule has 4 aromatic rings. The lowest BCUT2D eigenvalue weighted by molar-refractivity contribution is -0.197. The van der Waals surface area contributed by atoms with Crippen molar-refractivity contribution in [3.8, 4) is 11.4 Å². The first-order valence-corrected chi connectivity index (χ1v) is 12.6. The van der Waals surface area contributed by atoms with Crippen LogP contribution in [-0.2, 0) is 10.0 Å². The van der Waals surface area contributed by atoms with Crippen LogP contribution in [0, 0.1) is 17.6 Å². The molecule has 0 spiro atoms. The Morgan fingerprint density at radius 2 is 1.82 bits per heavy atom. The molecule has 1 saturated carbocycles. The maximum Gasteiger partial charge on any atom is 0.391 e. The van der Waals surface area contributed by atoms with E-state index in [0.29, 0.717) is 0 Å². The zero-order chi connectivity index (χ0) is 27.4. The Morgan fingerprint density at radius 1 is 1.08 bits per heavy atom. The van der Waals surface area contributed by atoms with Crippen LogP contribution >= 0.6 is 0 Å². The number of ether oxygens (including phenoxy) is 1. The first-order valence-electron chi connectivity index (χ1n) is 11.1. The maximum atomic E-state index is 15.1. The van der Waals surface area contributed by atoms with Crippen LogP contribution < -0.4 is 15.0 Å². The van der Waals surface area contributed by atoms with E-state index in [9.17, 15) is 26.4 Å². The molecular formula is C24H18F5N3O5S. The molecule has 38 heavy (non-hydrogen) atoms. The summed E-state index contributed by atoms with van der Waals surface area (Å²) < 4.78 is 107. The van der Waals surface area contributed by atoms with Gasteiger partial charge in [-0.25, -0.2) is 17.2 Å². The summed E-state index contributed by atoms with van der Waals surface area (Å²) in [6, 6.07) is 7.52. The highest BCUT2D eigenvalue weighted by Gasteiger charge is 2.48. The van der Waals surface area contributed by atoms with Crippen LogP contribution in [0.4, 0.5) is 27.8 Å². The fourth-order valence-electron chi connectivity index (χ4n) is 4.50. The number of halogens is 5. The van der Waals surface area contributed by atoms with Gasteiger partial charge in [0.15, 0.2) is 5.82 Å². The molecular weight excluding hydrogens is 537 g/mol. The van der Waals surface area contributed by atoms with E-state index in [1.807, 2.05) is 0 Å². The van der Waals surface area contributed by atoms with Crippen molar-refractivity contribution in [2.45, 2.75) is 29.8 Å². The average Bonchev–Trinajstić information content (AvgIpc) is 3.30. The normalized spacial score (nSPS) is 17.8. The summed E-state index contributed by atoms with van der Waals surface area (Å²) in [4.78, 5) is 12.1. The average molecular weight is 555 g/mol. The Kier molecular flexibility index (Phi) is 6.16. The van der Waals surface area contributed by atoms with E-state index in [2.05, 4.69) is 14.4 Å². The number of anilines is 1. The van der Waals surface area contributed by atoms with E-state index >= 15 is 8.78 Å². The van der Waals surface area contributed by atoms with Crippen LogP contribution in [0.2, 0.25) is 0 Å². The molecule has 2 aromatic carbocycles. The third kappa shape index (κ3) is 4.48. The van der Waals surface area contributed by atoms with Crippen LogP contribution in [0.1, 0.15) is 24.3 Å². The predicted octanol–water partition coefficient (Wildman–Crippen LogP) is 5.12. The summed E-state index contributed by atoms with van der Waals surface area (Å²) >= 11 is 0. The molecule has 1 fully saturated rings. The lowest BCUT2D eigenvalue weighted by Crippen LogP contribution is -2.34. The van der Waals surface area contributed by atoms with Crippen molar-refractivity contribution in [3.05, 3.63) is 76.3 Å². The number of aromatic nitrogens is 2. The quantitative estimate of drug-likeness (QED) is 0.331. The standard InChI is InChI=1S/C24H18F5N3O5S/c1-36-20-9-15(13-6-14(7-13)24(27,28)29)16(25)10-19(20)32-18-11-17(26)21(8-12(18)2-3-23(32)33)38(34,35)31-22-4-5-37-30-22/h2-5,8-11,13-14H,6-7H2,1H3,(H,30,31). The number of hydrogen-bond acceptors (Lipinski definition) is 6. The largest absolute Gasteiger partial charge is 0.495 e. The van der Waals surface area contributed by atoms with Gasteiger partial charge in [0, 0.05) is 29.7 Å². The van der Waals surface area contributed by atoms with Crippen LogP contribution in [-0.4, -0.2) is 31.4 Å². The minimum absolute atomic E-state index is 0.0119. The molecule has 8 nitrogen and oxygen atoms in total. The van der Waals surface area contributed by atoms with Crippen molar-refractivity contribution in [1.82, 2.24) is 9.72 Å². The second-order valence-corrected chi connectivity index (χ2v) is 10.4. The molecule has 0 amide bonds. The van der Waals surface area contributed by atoms with Gasteiger partial charge in [0.05, 0.1) is 24.2 Å². The Bertz CT molecular complexity index is 1700. The molecule has 0 aliphatic heterocycles. The highest BCUT2D eigenvalue weighted by Crippen LogP contribution is 2.50. The number of benzene rings is 2. The van der Waals surface area contributed by atoms with Crippen LogP contribution in [0.15, 0.2) is 62.9 Å². The van der Waals surface area contributed by atoms with Gasteiger partial charge in [-0.2, -0.15) is 13.2 Å². The van der Waals surface area contributed by atoms with Gasteiger partial charge in [-0.1, -0.05) is 5.16 Å². The first kappa shape index (κ1) is 25.7. The van der Waals surface area contributed by atoms with Gasteiger partial charge in [-0.3, -0.25) is 14.1 Å². The fraction of sp³-hybridized carbons (Fsp3) is 0.250.